The third-order valence-electron chi connectivity index (χ3n) is 11.1. The Morgan fingerprint density at radius 2 is 0.859 bits per heavy atom. The number of aryl methyl sites for hydroxylation is 2. The van der Waals surface area contributed by atoms with E-state index in [4.69, 9.17) is 0 Å². The second-order valence-electron chi connectivity index (χ2n) is 21.6. The predicted molar refractivity (Wildman–Crippen MR) is 414 cm³/mol. The normalized spacial score (nSPS) is 10.1. The quantitative estimate of drug-likeness (QED) is 0.123. The van der Waals surface area contributed by atoms with Gasteiger partial charge in [-0.2, -0.15) is 30.0 Å². The van der Waals surface area contributed by atoms with Gasteiger partial charge in [-0.1, -0.05) is 116 Å². The third-order valence-corrected chi connectivity index (χ3v) is 11.1. The topological polar surface area (TPSA) is 271 Å². The fraction of sp³-hybridized carbons (Fsp3) is 0.708. The summed E-state index contributed by atoms with van der Waals surface area (Å²) in [5.41, 5.74) is 0. The smallest absolute Gasteiger partial charge is 0.222 e. The van der Waals surface area contributed by atoms with Crippen LogP contribution in [0.5, 0.6) is 0 Å². The summed E-state index contributed by atoms with van der Waals surface area (Å²) in [5.74, 6) is 1.92. The number of carbonyl (C=O) groups is 1. The fourth-order valence-corrected chi connectivity index (χ4v) is 6.25. The summed E-state index contributed by atoms with van der Waals surface area (Å²) in [6.45, 7) is 78.2. The highest BCUT2D eigenvalue weighted by Gasteiger charge is 2.21. The van der Waals surface area contributed by atoms with Gasteiger partial charge < -0.3 is 18.6 Å². The molecule has 10 rings (SSSR count). The highest BCUT2D eigenvalue weighted by molar-refractivity contribution is 5.78. The van der Waals surface area contributed by atoms with E-state index in [9.17, 15) is 4.79 Å². The van der Waals surface area contributed by atoms with Crippen molar-refractivity contribution in [2.45, 2.75) is 336 Å². The van der Waals surface area contributed by atoms with Crippen molar-refractivity contribution in [1.82, 2.24) is 129 Å². The maximum atomic E-state index is 10.9. The van der Waals surface area contributed by atoms with Gasteiger partial charge in [0.15, 0.2) is 5.82 Å². The molecular weight excluding hydrogens is 1240 g/mol. The van der Waals surface area contributed by atoms with Crippen LogP contribution in [0.25, 0.3) is 0 Å². The van der Waals surface area contributed by atoms with Crippen LogP contribution in [0.1, 0.15) is 328 Å². The number of amides is 1. The Bertz CT molecular complexity index is 2410. The monoisotopic (exact) mass is 1390 g/mol. The van der Waals surface area contributed by atoms with Gasteiger partial charge in [-0.3, -0.25) is 18.8 Å². The van der Waals surface area contributed by atoms with E-state index in [1.165, 1.54) is 0 Å². The lowest BCUT2D eigenvalue weighted by Gasteiger charge is -2.19. The highest BCUT2D eigenvalue weighted by atomic mass is 16.2. The van der Waals surface area contributed by atoms with Crippen LogP contribution in [0.3, 0.4) is 0 Å². The Morgan fingerprint density at radius 3 is 1.06 bits per heavy atom. The Kier molecular flexibility index (Phi) is 80.0. The molecule has 1 aliphatic rings. The molecule has 9 aromatic heterocycles. The fourth-order valence-electron chi connectivity index (χ4n) is 6.25. The zero-order valence-corrected chi connectivity index (χ0v) is 69.8. The number of carbonyl (C=O) groups excluding carboxylic acids is 1. The molecule has 0 N–H and O–H groups in total. The molecule has 9 aromatic rings. The van der Waals surface area contributed by atoms with Crippen LogP contribution < -0.4 is 0 Å². The second kappa shape index (κ2) is 74.1. The molecule has 10 heterocycles. The van der Waals surface area contributed by atoms with Crippen molar-refractivity contribution < 1.29 is 4.79 Å². The van der Waals surface area contributed by atoms with E-state index in [0.717, 1.165) is 31.0 Å². The molecule has 0 aromatic carbocycles. The van der Waals surface area contributed by atoms with Crippen LogP contribution in [0, 0.1) is 13.8 Å². The van der Waals surface area contributed by atoms with Crippen molar-refractivity contribution in [3.8, 4) is 0 Å². The van der Waals surface area contributed by atoms with Crippen LogP contribution in [-0.2, 0) is 4.79 Å². The molecule has 0 aliphatic carbocycles. The zero-order chi connectivity index (χ0) is 78.4. The number of rotatable bonds is 10. The number of aromatic nitrogens is 25. The number of nitrogens with zero attached hydrogens (tertiary/aromatic N) is 26. The number of likely N-dealkylation sites (tertiary alicyclic amines) is 1. The van der Waals surface area contributed by atoms with Crippen LogP contribution >= 0.6 is 0 Å². The van der Waals surface area contributed by atoms with Gasteiger partial charge >= 0.3 is 0 Å². The van der Waals surface area contributed by atoms with Crippen molar-refractivity contribution in [3.63, 3.8) is 0 Å². The zero-order valence-electron chi connectivity index (χ0n) is 69.8. The van der Waals surface area contributed by atoms with Crippen molar-refractivity contribution in [1.29, 1.82) is 0 Å². The van der Waals surface area contributed by atoms with Gasteiger partial charge in [-0.25, -0.2) is 14.6 Å². The predicted octanol–water partition coefficient (Wildman–Crippen LogP) is 18.8. The standard InChI is InChI=1S/C7H13NO.C7H11N.2C6H10N2.2C5H10N4.4C5H9N3.8C2H6/c1-6(2)8-5-3-4-7(8)9;1-7(2)8-5-3-4-6-8;1-6(2)8-4-3-7-5-8;1-6(2)8-5-3-4-7-8;1-4(2)9-5(3)6-7-8-9;1-4(2)9-7-5(3)6-8-9;1-5(2)8-3-6-7-4-8;1-5(2)8-4-6-3-7-8;1-5(2)8-4-3-6-7-8;1-5(2)8-6-3-4-7-8;8*1-2/h6H,3-5H2,1-2H3;3-7H,1-2H3;2*3-6H,1-2H3;2*4H,1-3H3;4*3-5H,1-2H3;8*1-2H3. The lowest BCUT2D eigenvalue weighted by Crippen LogP contribution is -2.31. The first-order chi connectivity index (χ1) is 47.3. The van der Waals surface area contributed by atoms with E-state index < -0.39 is 0 Å². The lowest BCUT2D eigenvalue weighted by atomic mass is 10.3. The summed E-state index contributed by atoms with van der Waals surface area (Å²) in [7, 11) is 0. The molecule has 0 radical (unpaired) electrons. The lowest BCUT2D eigenvalue weighted by molar-refractivity contribution is -0.129. The van der Waals surface area contributed by atoms with Gasteiger partial charge in [-0.15, -0.1) is 30.6 Å². The van der Waals surface area contributed by atoms with Gasteiger partial charge in [0.2, 0.25) is 5.91 Å². The van der Waals surface area contributed by atoms with Crippen LogP contribution in [0.4, 0.5) is 0 Å². The van der Waals surface area contributed by atoms with Crippen LogP contribution in [-0.4, -0.2) is 147 Å². The first-order valence-electron chi connectivity index (χ1n) is 36.6. The largest absolute Gasteiger partial charge is 0.352 e. The summed E-state index contributed by atoms with van der Waals surface area (Å²) >= 11 is 0. The molecule has 0 unspecified atom stereocenters. The molecule has 0 atom stereocenters. The summed E-state index contributed by atoms with van der Waals surface area (Å²) in [5, 5.41) is 53.1. The van der Waals surface area contributed by atoms with E-state index in [2.05, 4.69) is 200 Å². The Hall–Kier alpha value is -8.13. The maximum Gasteiger partial charge on any atom is 0.222 e. The first-order valence-corrected chi connectivity index (χ1v) is 36.6. The molecule has 0 saturated carbocycles. The van der Waals surface area contributed by atoms with Gasteiger partial charge in [-0.05, 0) is 193 Å². The minimum Gasteiger partial charge on any atom is -0.352 e. The molecule has 0 bridgehead atoms. The number of imidazole rings is 1. The summed E-state index contributed by atoms with van der Waals surface area (Å²) in [6.07, 6.45) is 28.9. The van der Waals surface area contributed by atoms with Gasteiger partial charge in [0, 0.05) is 98.6 Å². The number of tetrazole rings is 2. The molecular formula is C72H148N26O. The van der Waals surface area contributed by atoms with Crippen LogP contribution in [0.2, 0.25) is 0 Å². The van der Waals surface area contributed by atoms with E-state index >= 15 is 0 Å². The molecule has 27 heteroatoms. The van der Waals surface area contributed by atoms with Crippen molar-refractivity contribution in [2.75, 3.05) is 6.54 Å². The Labute approximate surface area is 603 Å². The van der Waals surface area contributed by atoms with Gasteiger partial charge in [0.25, 0.3) is 0 Å². The van der Waals surface area contributed by atoms with Gasteiger partial charge in [0.1, 0.15) is 31.1 Å². The third kappa shape index (κ3) is 57.5. The molecule has 99 heavy (non-hydrogen) atoms. The van der Waals surface area contributed by atoms with Crippen molar-refractivity contribution >= 4 is 5.91 Å². The molecule has 1 amide bonds. The molecule has 1 saturated heterocycles. The van der Waals surface area contributed by atoms with Crippen LogP contribution in [0.15, 0.2) is 112 Å². The molecule has 0 spiro atoms. The average molecular weight is 1390 g/mol. The molecule has 27 nitrogen and oxygen atoms in total. The number of hydrogen-bond donors (Lipinski definition) is 0. The van der Waals surface area contributed by atoms with Gasteiger partial charge in [0.05, 0.1) is 43.0 Å². The Morgan fingerprint density at radius 1 is 0.364 bits per heavy atom. The van der Waals surface area contributed by atoms with Crippen molar-refractivity contribution in [3.05, 3.63) is 123 Å². The summed E-state index contributed by atoms with van der Waals surface area (Å²) in [6, 6.07) is 10.4. The van der Waals surface area contributed by atoms with E-state index in [-0.39, 0.29) is 0 Å². The molecule has 1 fully saturated rings. The minimum absolute atomic E-state index is 0.311. The number of hydrogen-bond acceptors (Lipinski definition) is 17. The SMILES string of the molecule is CC.CC.CC.CC.CC.CC.CC.CC.CC(C)N1CCCC1=O.CC(C)n1cccc1.CC(C)n1cccn1.CC(C)n1ccnc1.CC(C)n1ccnn1.CC(C)n1cncn1.CC(C)n1cnnc1.CC(C)n1nccn1.Cc1nnn(C(C)C)n1.Cc1nnnn1C(C)C. The minimum atomic E-state index is 0.311. The maximum absolute atomic E-state index is 10.9. The van der Waals surface area contributed by atoms with E-state index in [0.29, 0.717) is 66.3 Å². The molecule has 1 aliphatic heterocycles. The average Bonchev–Trinajstić information content (AvgIpc) is 2.28. The van der Waals surface area contributed by atoms with E-state index in [1.807, 2.05) is 223 Å². The van der Waals surface area contributed by atoms with Crippen molar-refractivity contribution in [2.24, 2.45) is 0 Å². The highest BCUT2D eigenvalue weighted by Crippen LogP contribution is 2.12. The first kappa shape index (κ1) is 107. The Balaban J connectivity index is -0.000000151. The van der Waals surface area contributed by atoms with E-state index in [1.54, 1.807) is 79.9 Å². The second-order valence-corrected chi connectivity index (χ2v) is 21.6. The molecule has 572 valence electrons. The summed E-state index contributed by atoms with van der Waals surface area (Å²) in [4.78, 5) is 23.8. The summed E-state index contributed by atoms with van der Waals surface area (Å²) < 4.78 is 13.5.